The topological polar surface area (TPSA) is 3.24 Å². The second-order valence-electron chi connectivity index (χ2n) is 10.5. The summed E-state index contributed by atoms with van der Waals surface area (Å²) in [6, 6.07) is 1.60. The van der Waals surface area contributed by atoms with Crippen LogP contribution >= 0.6 is 0 Å². The quantitative estimate of drug-likeness (QED) is 0.468. The van der Waals surface area contributed by atoms with Crippen LogP contribution in [0, 0.1) is 35.5 Å². The minimum atomic E-state index is 0.748. The molecule has 0 aromatic rings. The van der Waals surface area contributed by atoms with Gasteiger partial charge in [0, 0.05) is 24.4 Å². The zero-order valence-corrected chi connectivity index (χ0v) is 19.6. The Hall–Kier alpha value is -0.0800. The summed E-state index contributed by atoms with van der Waals surface area (Å²) in [5.41, 5.74) is 0. The molecule has 0 aromatic heterocycles. The molecule has 1 saturated heterocycles. The molecule has 1 heterocycles. The van der Waals surface area contributed by atoms with Gasteiger partial charge in [0.1, 0.15) is 0 Å². The third-order valence-corrected chi connectivity index (χ3v) is 9.97. The van der Waals surface area contributed by atoms with Gasteiger partial charge < -0.3 is 9.38 Å². The van der Waals surface area contributed by atoms with E-state index in [4.69, 9.17) is 0 Å². The van der Waals surface area contributed by atoms with Crippen LogP contribution in [-0.4, -0.2) is 54.2 Å². The Kier molecular flexibility index (Phi) is 7.00. The first-order chi connectivity index (χ1) is 13.0. The van der Waals surface area contributed by atoms with Crippen LogP contribution in [-0.2, 0) is 0 Å². The van der Waals surface area contributed by atoms with Gasteiger partial charge in [-0.3, -0.25) is 0 Å². The highest BCUT2D eigenvalue weighted by molar-refractivity contribution is 5.04. The Morgan fingerprint density at radius 3 is 1.85 bits per heavy atom. The monoisotopic (exact) mass is 377 g/mol. The molecule has 9 atom stereocenters. The van der Waals surface area contributed by atoms with Gasteiger partial charge in [-0.2, -0.15) is 0 Å². The van der Waals surface area contributed by atoms with Gasteiger partial charge in [-0.05, 0) is 76.7 Å². The molecule has 2 heteroatoms. The van der Waals surface area contributed by atoms with Crippen LogP contribution in [0.15, 0.2) is 0 Å². The highest BCUT2D eigenvalue weighted by Gasteiger charge is 2.61. The standard InChI is InChI=1S/C25H49N2/c1-8-18(6)26(11-4)15-23-20(10-3)21-13-14-22(23)25-17-27(12-5,16-24(21)25)19(7)9-2/h18-25H,8-17H2,1-7H3/q+1. The number of fused-ring (bicyclic) bond motifs is 2. The lowest BCUT2D eigenvalue weighted by Gasteiger charge is -2.55. The maximum absolute atomic E-state index is 2.81. The summed E-state index contributed by atoms with van der Waals surface area (Å²) in [7, 11) is 0. The van der Waals surface area contributed by atoms with E-state index in [-0.39, 0.29) is 0 Å². The Balaban J connectivity index is 1.84. The Morgan fingerprint density at radius 1 is 0.815 bits per heavy atom. The van der Waals surface area contributed by atoms with Crippen LogP contribution in [0.3, 0.4) is 0 Å². The molecule has 3 aliphatic carbocycles. The Labute approximate surface area is 170 Å². The van der Waals surface area contributed by atoms with Gasteiger partial charge in [0.15, 0.2) is 0 Å². The lowest BCUT2D eigenvalue weighted by atomic mass is 9.50. The van der Waals surface area contributed by atoms with Crippen LogP contribution in [0.2, 0.25) is 0 Å². The lowest BCUT2D eigenvalue weighted by molar-refractivity contribution is -0.939. The summed E-state index contributed by atoms with van der Waals surface area (Å²) in [5, 5.41) is 0. The second-order valence-corrected chi connectivity index (χ2v) is 10.5. The highest BCUT2D eigenvalue weighted by atomic mass is 15.4. The largest absolute Gasteiger partial charge is 0.321 e. The van der Waals surface area contributed by atoms with Gasteiger partial charge in [-0.25, -0.2) is 0 Å². The third kappa shape index (κ3) is 3.63. The molecule has 3 saturated carbocycles. The predicted octanol–water partition coefficient (Wildman–Crippen LogP) is 5.67. The van der Waals surface area contributed by atoms with Crippen molar-refractivity contribution in [2.45, 2.75) is 92.7 Å². The van der Waals surface area contributed by atoms with Crippen LogP contribution < -0.4 is 0 Å². The average molecular weight is 378 g/mol. The summed E-state index contributed by atoms with van der Waals surface area (Å²) in [6.07, 6.45) is 7.14. The normalized spacial score (nSPS) is 43.1. The van der Waals surface area contributed by atoms with Crippen molar-refractivity contribution in [1.82, 2.24) is 4.90 Å². The zero-order chi connectivity index (χ0) is 19.8. The summed E-state index contributed by atoms with van der Waals surface area (Å²) in [6.45, 7) is 24.1. The van der Waals surface area contributed by atoms with Gasteiger partial charge in [0.05, 0.1) is 25.7 Å². The Morgan fingerprint density at radius 2 is 1.41 bits per heavy atom. The van der Waals surface area contributed by atoms with Crippen LogP contribution in [0.4, 0.5) is 0 Å². The van der Waals surface area contributed by atoms with E-state index in [1.54, 1.807) is 6.42 Å². The van der Waals surface area contributed by atoms with Crippen molar-refractivity contribution in [3.63, 3.8) is 0 Å². The number of likely N-dealkylation sites (tertiary alicyclic amines) is 1. The Bertz CT molecular complexity index is 477. The van der Waals surface area contributed by atoms with E-state index in [1.807, 2.05) is 0 Å². The zero-order valence-electron chi connectivity index (χ0n) is 19.6. The lowest BCUT2D eigenvalue weighted by Crippen LogP contribution is -2.54. The summed E-state index contributed by atoms with van der Waals surface area (Å²) >= 11 is 0. The fourth-order valence-electron chi connectivity index (χ4n) is 7.95. The SMILES string of the molecule is CCC1C2CCC(C1CN(CC)C(C)CC)C1C[N+](CC)(C(C)CC)CC21. The molecule has 2 bridgehead atoms. The second kappa shape index (κ2) is 8.74. The van der Waals surface area contributed by atoms with Gasteiger partial charge in [0.2, 0.25) is 0 Å². The van der Waals surface area contributed by atoms with Crippen LogP contribution in [0.5, 0.6) is 0 Å². The van der Waals surface area contributed by atoms with Crippen molar-refractivity contribution in [3.05, 3.63) is 0 Å². The minimum absolute atomic E-state index is 0.748. The predicted molar refractivity (Wildman–Crippen MR) is 118 cm³/mol. The van der Waals surface area contributed by atoms with Crippen molar-refractivity contribution >= 4 is 0 Å². The minimum Gasteiger partial charge on any atom is -0.321 e. The summed E-state index contributed by atoms with van der Waals surface area (Å²) in [5.74, 6) is 6.08. The molecule has 1 aliphatic heterocycles. The molecular formula is C25H49N2+. The number of rotatable bonds is 9. The number of nitrogens with zero attached hydrogens (tertiary/aromatic N) is 2. The molecule has 0 amide bonds. The molecule has 0 aromatic carbocycles. The van der Waals surface area contributed by atoms with Crippen molar-refractivity contribution in [1.29, 1.82) is 0 Å². The summed E-state index contributed by atoms with van der Waals surface area (Å²) < 4.78 is 1.44. The molecule has 0 N–H and O–H groups in total. The molecule has 2 nitrogen and oxygen atoms in total. The molecule has 0 radical (unpaired) electrons. The molecule has 9 unspecified atom stereocenters. The van der Waals surface area contributed by atoms with Gasteiger partial charge in [-0.15, -0.1) is 0 Å². The summed E-state index contributed by atoms with van der Waals surface area (Å²) in [4.78, 5) is 2.81. The van der Waals surface area contributed by atoms with E-state index in [9.17, 15) is 0 Å². The van der Waals surface area contributed by atoms with Gasteiger partial charge >= 0.3 is 0 Å². The number of hydrogen-bond acceptors (Lipinski definition) is 1. The first-order valence-corrected chi connectivity index (χ1v) is 12.6. The van der Waals surface area contributed by atoms with Crippen molar-refractivity contribution < 1.29 is 4.48 Å². The molecule has 4 fully saturated rings. The smallest absolute Gasteiger partial charge is 0.0859 e. The third-order valence-electron chi connectivity index (χ3n) is 9.97. The van der Waals surface area contributed by atoms with Crippen LogP contribution in [0.25, 0.3) is 0 Å². The average Bonchev–Trinajstić information content (AvgIpc) is 3.13. The van der Waals surface area contributed by atoms with Crippen molar-refractivity contribution in [2.24, 2.45) is 35.5 Å². The van der Waals surface area contributed by atoms with Gasteiger partial charge in [0.25, 0.3) is 0 Å². The maximum atomic E-state index is 2.81. The van der Waals surface area contributed by atoms with E-state index >= 15 is 0 Å². The van der Waals surface area contributed by atoms with Gasteiger partial charge in [-0.1, -0.05) is 34.1 Å². The van der Waals surface area contributed by atoms with E-state index in [0.29, 0.717) is 0 Å². The first kappa shape index (κ1) is 21.6. The molecule has 4 rings (SSSR count). The molecule has 158 valence electrons. The van der Waals surface area contributed by atoms with E-state index in [1.165, 1.54) is 62.9 Å². The molecule has 4 aliphatic rings. The van der Waals surface area contributed by atoms with Crippen LogP contribution in [0.1, 0.15) is 80.6 Å². The van der Waals surface area contributed by atoms with E-state index in [0.717, 1.165) is 47.6 Å². The number of hydrogen-bond donors (Lipinski definition) is 0. The van der Waals surface area contributed by atoms with E-state index < -0.39 is 0 Å². The molecular weight excluding hydrogens is 328 g/mol. The fraction of sp³-hybridized carbons (Fsp3) is 1.00. The highest BCUT2D eigenvalue weighted by Crippen LogP contribution is 2.59. The van der Waals surface area contributed by atoms with Crippen molar-refractivity contribution in [3.8, 4) is 0 Å². The maximum Gasteiger partial charge on any atom is 0.0859 e. The van der Waals surface area contributed by atoms with Crippen molar-refractivity contribution in [2.75, 3.05) is 32.7 Å². The first-order valence-electron chi connectivity index (χ1n) is 12.6. The molecule has 27 heavy (non-hydrogen) atoms. The fourth-order valence-corrected chi connectivity index (χ4v) is 7.95. The molecule has 0 spiro atoms. The number of quaternary nitrogens is 1. The van der Waals surface area contributed by atoms with E-state index in [2.05, 4.69) is 53.4 Å².